The van der Waals surface area contributed by atoms with Gasteiger partial charge < -0.3 is 20.1 Å². The molecule has 148 valence electrons. The first kappa shape index (κ1) is 17.6. The first-order valence-corrected chi connectivity index (χ1v) is 9.53. The molecule has 0 unspecified atom stereocenters. The third kappa shape index (κ3) is 3.29. The fourth-order valence-corrected chi connectivity index (χ4v) is 3.72. The van der Waals surface area contributed by atoms with Gasteiger partial charge in [0.05, 0.1) is 30.5 Å². The highest BCUT2D eigenvalue weighted by atomic mass is 16.5. The van der Waals surface area contributed by atoms with Crippen LogP contribution in [0.4, 0.5) is 11.5 Å². The maximum absolute atomic E-state index is 12.6. The van der Waals surface area contributed by atoms with Gasteiger partial charge in [-0.2, -0.15) is 4.99 Å². The second-order valence-corrected chi connectivity index (χ2v) is 6.99. The minimum absolute atomic E-state index is 0.0766. The molecule has 29 heavy (non-hydrogen) atoms. The van der Waals surface area contributed by atoms with Crippen LogP contribution in [0.25, 0.3) is 10.9 Å². The Morgan fingerprint density at radius 1 is 1.17 bits per heavy atom. The van der Waals surface area contributed by atoms with E-state index in [0.29, 0.717) is 25.4 Å². The van der Waals surface area contributed by atoms with Gasteiger partial charge >= 0.3 is 0 Å². The van der Waals surface area contributed by atoms with Crippen molar-refractivity contribution in [2.45, 2.75) is 6.54 Å². The van der Waals surface area contributed by atoms with Crippen LogP contribution in [0.2, 0.25) is 0 Å². The summed E-state index contributed by atoms with van der Waals surface area (Å²) in [5.74, 6) is 0.336. The van der Waals surface area contributed by atoms with E-state index < -0.39 is 5.91 Å². The van der Waals surface area contributed by atoms with E-state index in [1.807, 2.05) is 10.6 Å². The lowest BCUT2D eigenvalue weighted by Gasteiger charge is -2.29. The van der Waals surface area contributed by atoms with Gasteiger partial charge in [0.2, 0.25) is 5.62 Å². The standard InChI is InChI=1S/C20H20N6O3/c27-15-9-13(11-21-12-15)19(28)24-20-23-17-10-14(25-5-7-29-8-6-25)1-2-16(17)18-22-3-4-26(18)20/h1-2,9-12,22,27H,3-8H2. The average Bonchev–Trinajstić information content (AvgIpc) is 3.24. The molecular formula is C20H20N6O3. The summed E-state index contributed by atoms with van der Waals surface area (Å²) >= 11 is 0. The van der Waals surface area contributed by atoms with Gasteiger partial charge in [-0.05, 0) is 24.3 Å². The van der Waals surface area contributed by atoms with Crippen LogP contribution in [0.1, 0.15) is 10.4 Å². The van der Waals surface area contributed by atoms with E-state index in [0.717, 1.165) is 42.0 Å². The Morgan fingerprint density at radius 3 is 2.86 bits per heavy atom. The van der Waals surface area contributed by atoms with E-state index in [1.165, 1.54) is 18.5 Å². The number of aromatic hydroxyl groups is 1. The lowest BCUT2D eigenvalue weighted by Crippen LogP contribution is -2.36. The lowest BCUT2D eigenvalue weighted by molar-refractivity contribution is 0.0995. The number of carbonyl (C=O) groups excluding carboxylic acids is 1. The summed E-state index contributed by atoms with van der Waals surface area (Å²) in [4.78, 5) is 27.6. The van der Waals surface area contributed by atoms with E-state index in [1.54, 1.807) is 0 Å². The van der Waals surface area contributed by atoms with Crippen LogP contribution in [-0.4, -0.2) is 58.4 Å². The summed E-state index contributed by atoms with van der Waals surface area (Å²) < 4.78 is 7.34. The van der Waals surface area contributed by atoms with E-state index in [4.69, 9.17) is 4.74 Å². The molecule has 1 fully saturated rings. The van der Waals surface area contributed by atoms with Crippen molar-refractivity contribution in [2.24, 2.45) is 4.99 Å². The molecule has 1 aromatic carbocycles. The fraction of sp³-hybridized carbons (Fsp3) is 0.300. The van der Waals surface area contributed by atoms with Crippen molar-refractivity contribution in [3.63, 3.8) is 0 Å². The Morgan fingerprint density at radius 2 is 2.03 bits per heavy atom. The van der Waals surface area contributed by atoms with Gasteiger partial charge in [-0.1, -0.05) is 0 Å². The normalized spacial score (nSPS) is 16.7. The monoisotopic (exact) mass is 392 g/mol. The van der Waals surface area contributed by atoms with Crippen LogP contribution in [0.3, 0.4) is 0 Å². The van der Waals surface area contributed by atoms with Gasteiger partial charge in [0.25, 0.3) is 5.91 Å². The number of nitrogens with zero attached hydrogens (tertiary/aromatic N) is 5. The van der Waals surface area contributed by atoms with Crippen molar-refractivity contribution < 1.29 is 14.6 Å². The molecule has 0 atom stereocenters. The third-order valence-electron chi connectivity index (χ3n) is 5.14. The number of anilines is 2. The molecule has 0 bridgehead atoms. The number of benzene rings is 1. The number of aromatic nitrogens is 3. The van der Waals surface area contributed by atoms with Crippen LogP contribution >= 0.6 is 0 Å². The molecule has 1 saturated heterocycles. The zero-order valence-corrected chi connectivity index (χ0v) is 15.7. The highest BCUT2D eigenvalue weighted by Crippen LogP contribution is 2.27. The summed E-state index contributed by atoms with van der Waals surface area (Å²) in [6.07, 6.45) is 2.65. The number of morpholine rings is 1. The summed E-state index contributed by atoms with van der Waals surface area (Å²) in [5, 5.41) is 13.9. The van der Waals surface area contributed by atoms with Crippen molar-refractivity contribution in [3.05, 3.63) is 47.8 Å². The van der Waals surface area contributed by atoms with Gasteiger partial charge in [-0.25, -0.2) is 4.98 Å². The topological polar surface area (TPSA) is 105 Å². The number of pyridine rings is 1. The Kier molecular flexibility index (Phi) is 4.36. The molecular weight excluding hydrogens is 372 g/mol. The minimum Gasteiger partial charge on any atom is -0.506 e. The Bertz CT molecular complexity index is 1170. The molecule has 5 rings (SSSR count). The van der Waals surface area contributed by atoms with Crippen molar-refractivity contribution in [1.82, 2.24) is 14.5 Å². The number of carbonyl (C=O) groups is 1. The number of amides is 1. The summed E-state index contributed by atoms with van der Waals surface area (Å²) in [5.41, 5.74) is 2.40. The molecule has 1 amide bonds. The molecule has 2 aliphatic heterocycles. The van der Waals surface area contributed by atoms with Gasteiger partial charge in [0.1, 0.15) is 11.6 Å². The summed E-state index contributed by atoms with van der Waals surface area (Å²) in [6.45, 7) is 4.51. The molecule has 9 heteroatoms. The molecule has 4 heterocycles. The highest BCUT2D eigenvalue weighted by Gasteiger charge is 2.18. The van der Waals surface area contributed by atoms with Crippen LogP contribution in [-0.2, 0) is 11.3 Å². The van der Waals surface area contributed by atoms with Crippen molar-refractivity contribution in [1.29, 1.82) is 0 Å². The molecule has 9 nitrogen and oxygen atoms in total. The first-order chi connectivity index (χ1) is 14.2. The van der Waals surface area contributed by atoms with Crippen LogP contribution in [0.15, 0.2) is 41.7 Å². The largest absolute Gasteiger partial charge is 0.506 e. The maximum Gasteiger partial charge on any atom is 0.281 e. The van der Waals surface area contributed by atoms with Crippen LogP contribution < -0.4 is 15.8 Å². The molecule has 0 radical (unpaired) electrons. The van der Waals surface area contributed by atoms with E-state index >= 15 is 0 Å². The smallest absolute Gasteiger partial charge is 0.281 e. The molecule has 3 aromatic rings. The molecule has 2 aromatic heterocycles. The second-order valence-electron chi connectivity index (χ2n) is 6.99. The fourth-order valence-electron chi connectivity index (χ4n) is 3.72. The van der Waals surface area contributed by atoms with Gasteiger partial charge in [-0.3, -0.25) is 14.3 Å². The van der Waals surface area contributed by atoms with Gasteiger partial charge in [0, 0.05) is 43.4 Å². The predicted octanol–water partition coefficient (Wildman–Crippen LogP) is 1.14. The van der Waals surface area contributed by atoms with Crippen molar-refractivity contribution >= 4 is 28.3 Å². The lowest BCUT2D eigenvalue weighted by atomic mass is 10.2. The first-order valence-electron chi connectivity index (χ1n) is 9.53. The number of fused-ring (bicyclic) bond motifs is 3. The second kappa shape index (κ2) is 7.17. The Labute approximate surface area is 166 Å². The predicted molar refractivity (Wildman–Crippen MR) is 107 cm³/mol. The van der Waals surface area contributed by atoms with Crippen molar-refractivity contribution in [3.8, 4) is 5.75 Å². The van der Waals surface area contributed by atoms with E-state index in [2.05, 4.69) is 37.3 Å². The number of rotatable bonds is 2. The average molecular weight is 392 g/mol. The number of nitrogens with one attached hydrogen (secondary N) is 1. The molecule has 2 N–H and O–H groups in total. The molecule has 0 saturated carbocycles. The zero-order valence-electron chi connectivity index (χ0n) is 15.7. The maximum atomic E-state index is 12.6. The molecule has 0 aliphatic carbocycles. The molecule has 2 aliphatic rings. The zero-order chi connectivity index (χ0) is 19.8. The van der Waals surface area contributed by atoms with Gasteiger partial charge in [-0.15, -0.1) is 0 Å². The SMILES string of the molecule is O=C(N=c1nc2cc(N3CCOCC3)ccc2c2n1CCN2)c1cncc(O)c1. The number of hydrogen-bond acceptors (Lipinski definition) is 7. The minimum atomic E-state index is -0.494. The van der Waals surface area contributed by atoms with Crippen molar-refractivity contribution in [2.75, 3.05) is 43.1 Å². The number of hydrogen-bond donors (Lipinski definition) is 2. The number of ether oxygens (including phenoxy) is 1. The van der Waals surface area contributed by atoms with Crippen LogP contribution in [0.5, 0.6) is 5.75 Å². The summed E-state index contributed by atoms with van der Waals surface area (Å²) in [7, 11) is 0. The van der Waals surface area contributed by atoms with E-state index in [-0.39, 0.29) is 11.3 Å². The Hall–Kier alpha value is -3.46. The van der Waals surface area contributed by atoms with Crippen LogP contribution in [0, 0.1) is 0 Å². The molecule has 0 spiro atoms. The van der Waals surface area contributed by atoms with Gasteiger partial charge in [0.15, 0.2) is 0 Å². The third-order valence-corrected chi connectivity index (χ3v) is 5.14. The quantitative estimate of drug-likeness (QED) is 0.674. The summed E-state index contributed by atoms with van der Waals surface area (Å²) in [6, 6.07) is 7.53. The van der Waals surface area contributed by atoms with E-state index in [9.17, 15) is 9.90 Å². The Balaban J connectivity index is 1.62. The highest BCUT2D eigenvalue weighted by molar-refractivity contribution is 5.95.